The molecule has 4 rings (SSSR count). The summed E-state index contributed by atoms with van der Waals surface area (Å²) in [5.41, 5.74) is 1.50. The molecular weight excluding hydrogens is 394 g/mol. The average molecular weight is 417 g/mol. The molecule has 2 aromatic rings. The summed E-state index contributed by atoms with van der Waals surface area (Å²) < 4.78 is 26.4. The van der Waals surface area contributed by atoms with Gasteiger partial charge in [0.2, 0.25) is 10.0 Å². The van der Waals surface area contributed by atoms with Gasteiger partial charge in [-0.1, -0.05) is 0 Å². The summed E-state index contributed by atoms with van der Waals surface area (Å²) in [5.74, 6) is 1.17. The number of nitrogens with one attached hydrogen (secondary N) is 1. The maximum atomic E-state index is 12.4. The van der Waals surface area contributed by atoms with Gasteiger partial charge in [0.1, 0.15) is 5.82 Å². The third-order valence-electron chi connectivity index (χ3n) is 5.30. The van der Waals surface area contributed by atoms with E-state index < -0.39 is 14.9 Å². The molecule has 9 nitrogen and oxygen atoms in total. The number of nitro groups is 1. The van der Waals surface area contributed by atoms with Gasteiger partial charge >= 0.3 is 0 Å². The average Bonchev–Trinajstić information content (AvgIpc) is 3.54. The second-order valence-corrected chi connectivity index (χ2v) is 9.80. The maximum Gasteiger partial charge on any atom is 0.269 e. The van der Waals surface area contributed by atoms with Crippen molar-refractivity contribution in [1.29, 1.82) is 0 Å². The molecule has 2 heterocycles. The molecule has 1 saturated heterocycles. The van der Waals surface area contributed by atoms with Crippen molar-refractivity contribution in [2.45, 2.75) is 43.9 Å². The SMILES string of the molecule is Cc1cc(NC2CCN(S(=O)(=O)C3CC3)CC2)nc(-c2ccc([N+](=O)[O-])cc2)n1. The van der Waals surface area contributed by atoms with E-state index in [1.807, 2.05) is 13.0 Å². The van der Waals surface area contributed by atoms with Gasteiger partial charge in [-0.05, 0) is 44.7 Å². The van der Waals surface area contributed by atoms with Gasteiger partial charge in [-0.3, -0.25) is 10.1 Å². The van der Waals surface area contributed by atoms with Gasteiger partial charge in [0.25, 0.3) is 5.69 Å². The Hall–Kier alpha value is -2.59. The Morgan fingerprint density at radius 2 is 1.76 bits per heavy atom. The van der Waals surface area contributed by atoms with Crippen LogP contribution >= 0.6 is 0 Å². The van der Waals surface area contributed by atoms with E-state index in [0.717, 1.165) is 31.4 Å². The summed E-state index contributed by atoms with van der Waals surface area (Å²) in [6.45, 7) is 2.91. The van der Waals surface area contributed by atoms with Crippen molar-refractivity contribution in [1.82, 2.24) is 14.3 Å². The predicted octanol–water partition coefficient (Wildman–Crippen LogP) is 2.73. The lowest BCUT2D eigenvalue weighted by Crippen LogP contribution is -2.43. The van der Waals surface area contributed by atoms with Crippen molar-refractivity contribution < 1.29 is 13.3 Å². The minimum atomic E-state index is -3.11. The van der Waals surface area contributed by atoms with E-state index in [4.69, 9.17) is 0 Å². The predicted molar refractivity (Wildman–Crippen MR) is 109 cm³/mol. The van der Waals surface area contributed by atoms with Crippen LogP contribution in [0, 0.1) is 17.0 Å². The number of nitrogens with zero attached hydrogens (tertiary/aromatic N) is 4. The Morgan fingerprint density at radius 3 is 2.34 bits per heavy atom. The fourth-order valence-electron chi connectivity index (χ4n) is 3.54. The normalized spacial score (nSPS) is 18.5. The molecule has 10 heteroatoms. The molecule has 1 aromatic carbocycles. The van der Waals surface area contributed by atoms with E-state index in [9.17, 15) is 18.5 Å². The van der Waals surface area contributed by atoms with Crippen molar-refractivity contribution in [2.24, 2.45) is 0 Å². The van der Waals surface area contributed by atoms with Gasteiger partial charge in [0.05, 0.1) is 10.2 Å². The van der Waals surface area contributed by atoms with Crippen LogP contribution in [0.1, 0.15) is 31.4 Å². The Balaban J connectivity index is 1.44. The van der Waals surface area contributed by atoms with Crippen LogP contribution in [0.25, 0.3) is 11.4 Å². The smallest absolute Gasteiger partial charge is 0.269 e. The highest BCUT2D eigenvalue weighted by Gasteiger charge is 2.41. The van der Waals surface area contributed by atoms with Crippen molar-refractivity contribution in [2.75, 3.05) is 18.4 Å². The summed E-state index contributed by atoms with van der Waals surface area (Å²) in [6.07, 6.45) is 3.02. The number of nitro benzene ring substituents is 1. The van der Waals surface area contributed by atoms with E-state index in [-0.39, 0.29) is 17.0 Å². The van der Waals surface area contributed by atoms with Gasteiger partial charge in [-0.15, -0.1) is 0 Å². The van der Waals surface area contributed by atoms with Crippen molar-refractivity contribution in [3.8, 4) is 11.4 Å². The van der Waals surface area contributed by atoms with Crippen LogP contribution in [-0.2, 0) is 10.0 Å². The summed E-state index contributed by atoms with van der Waals surface area (Å²) in [4.78, 5) is 19.4. The molecule has 154 valence electrons. The van der Waals surface area contributed by atoms with E-state index >= 15 is 0 Å². The molecule has 0 radical (unpaired) electrons. The number of non-ortho nitro benzene ring substituents is 1. The number of hydrogen-bond acceptors (Lipinski definition) is 7. The summed E-state index contributed by atoms with van der Waals surface area (Å²) in [5, 5.41) is 14.1. The first-order valence-corrected chi connectivity index (χ1v) is 11.2. The largest absolute Gasteiger partial charge is 0.367 e. The van der Waals surface area contributed by atoms with E-state index in [1.165, 1.54) is 12.1 Å². The number of hydrogen-bond donors (Lipinski definition) is 1. The topological polar surface area (TPSA) is 118 Å². The summed E-state index contributed by atoms with van der Waals surface area (Å²) in [7, 11) is -3.11. The molecular formula is C19H23N5O4S. The quantitative estimate of drug-likeness (QED) is 0.567. The lowest BCUT2D eigenvalue weighted by Gasteiger charge is -2.32. The Kier molecular flexibility index (Phi) is 5.22. The lowest BCUT2D eigenvalue weighted by molar-refractivity contribution is -0.384. The highest BCUT2D eigenvalue weighted by atomic mass is 32.2. The number of anilines is 1. The van der Waals surface area contributed by atoms with Crippen LogP contribution in [0.3, 0.4) is 0 Å². The number of rotatable bonds is 6. The van der Waals surface area contributed by atoms with E-state index in [1.54, 1.807) is 16.4 Å². The minimum Gasteiger partial charge on any atom is -0.367 e. The molecule has 1 saturated carbocycles. The van der Waals surface area contributed by atoms with Crippen LogP contribution in [0.4, 0.5) is 11.5 Å². The molecule has 0 amide bonds. The molecule has 0 spiro atoms. The highest BCUT2D eigenvalue weighted by Crippen LogP contribution is 2.32. The maximum absolute atomic E-state index is 12.4. The van der Waals surface area contributed by atoms with E-state index in [0.29, 0.717) is 30.3 Å². The van der Waals surface area contributed by atoms with Crippen LogP contribution < -0.4 is 5.32 Å². The molecule has 2 aliphatic rings. The molecule has 1 N–H and O–H groups in total. The van der Waals surface area contributed by atoms with Crippen LogP contribution in [0.15, 0.2) is 30.3 Å². The summed E-state index contributed by atoms with van der Waals surface area (Å²) in [6, 6.07) is 8.13. The second-order valence-electron chi connectivity index (χ2n) is 7.58. The standard InChI is InChI=1S/C19H23N5O4S/c1-13-12-18(22-19(20-13)14-2-4-16(5-3-14)24(25)26)21-15-8-10-23(11-9-15)29(27,28)17-6-7-17/h2-5,12,15,17H,6-11H2,1H3,(H,20,21,22). The van der Waals surface area contributed by atoms with Crippen LogP contribution in [0.2, 0.25) is 0 Å². The molecule has 1 aromatic heterocycles. The molecule has 0 atom stereocenters. The molecule has 29 heavy (non-hydrogen) atoms. The first-order valence-electron chi connectivity index (χ1n) is 9.69. The van der Waals surface area contributed by atoms with Crippen LogP contribution in [-0.4, -0.2) is 52.0 Å². The van der Waals surface area contributed by atoms with Crippen LogP contribution in [0.5, 0.6) is 0 Å². The zero-order valence-corrected chi connectivity index (χ0v) is 16.9. The second kappa shape index (κ2) is 7.68. The van der Waals surface area contributed by atoms with Gasteiger partial charge < -0.3 is 5.32 Å². The molecule has 0 unspecified atom stereocenters. The molecule has 1 aliphatic heterocycles. The number of sulfonamides is 1. The van der Waals surface area contributed by atoms with E-state index in [2.05, 4.69) is 15.3 Å². The molecule has 0 bridgehead atoms. The van der Waals surface area contributed by atoms with Gasteiger partial charge in [-0.2, -0.15) is 0 Å². The molecule has 1 aliphatic carbocycles. The van der Waals surface area contributed by atoms with Crippen molar-refractivity contribution in [3.05, 3.63) is 46.1 Å². The van der Waals surface area contributed by atoms with Gasteiger partial charge in [-0.25, -0.2) is 22.7 Å². The minimum absolute atomic E-state index is 0.0210. The first kappa shape index (κ1) is 19.7. The Bertz CT molecular complexity index is 1010. The molecule has 2 fully saturated rings. The number of aromatic nitrogens is 2. The lowest BCUT2D eigenvalue weighted by atomic mass is 10.1. The summed E-state index contributed by atoms with van der Waals surface area (Å²) >= 11 is 0. The van der Waals surface area contributed by atoms with Gasteiger partial charge in [0.15, 0.2) is 5.82 Å². The van der Waals surface area contributed by atoms with Gasteiger partial charge in [0, 0.05) is 48.6 Å². The fraction of sp³-hybridized carbons (Fsp3) is 0.474. The third kappa shape index (κ3) is 4.38. The van der Waals surface area contributed by atoms with Crippen molar-refractivity contribution >= 4 is 21.5 Å². The Morgan fingerprint density at radius 1 is 1.10 bits per heavy atom. The highest BCUT2D eigenvalue weighted by molar-refractivity contribution is 7.90. The van der Waals surface area contributed by atoms with Crippen molar-refractivity contribution in [3.63, 3.8) is 0 Å². The zero-order chi connectivity index (χ0) is 20.6. The Labute approximate surface area is 169 Å². The third-order valence-corrected chi connectivity index (χ3v) is 7.70. The fourth-order valence-corrected chi connectivity index (χ4v) is 5.42. The zero-order valence-electron chi connectivity index (χ0n) is 16.1. The monoisotopic (exact) mass is 417 g/mol. The number of benzene rings is 1. The number of piperidine rings is 1. The first-order chi connectivity index (χ1) is 13.8. The number of aryl methyl sites for hydroxylation is 1.